The molecular formula is C26H30N2O3. The van der Waals surface area contributed by atoms with Gasteiger partial charge in [0, 0.05) is 29.3 Å². The molecule has 1 unspecified atom stereocenters. The number of benzene rings is 1. The largest absolute Gasteiger partial charge is 0.452 e. The minimum Gasteiger partial charge on any atom is -0.452 e. The number of ether oxygens (including phenoxy) is 1. The molecule has 0 radical (unpaired) electrons. The lowest BCUT2D eigenvalue weighted by molar-refractivity contribution is -0.145. The van der Waals surface area contributed by atoms with Crippen LogP contribution >= 0.6 is 0 Å². The summed E-state index contributed by atoms with van der Waals surface area (Å²) in [6.07, 6.45) is 12.6. The highest BCUT2D eigenvalue weighted by Gasteiger charge is 2.53. The summed E-state index contributed by atoms with van der Waals surface area (Å²) in [4.78, 5) is 29.0. The molecule has 4 bridgehead atoms. The summed E-state index contributed by atoms with van der Waals surface area (Å²) in [5.74, 6) is 1.80. The van der Waals surface area contributed by atoms with E-state index in [1.54, 1.807) is 12.3 Å². The minimum atomic E-state index is -0.523. The van der Waals surface area contributed by atoms with Crippen LogP contribution in [0.25, 0.3) is 17.0 Å². The second-order valence-corrected chi connectivity index (χ2v) is 9.93. The number of pyridine rings is 1. The molecule has 4 aliphatic rings. The molecule has 5 heteroatoms. The molecule has 0 spiro atoms. The quantitative estimate of drug-likeness (QED) is 0.553. The van der Waals surface area contributed by atoms with Gasteiger partial charge in [0.15, 0.2) is 6.61 Å². The molecule has 4 fully saturated rings. The molecule has 1 atom stereocenters. The maximum atomic E-state index is 12.5. The monoisotopic (exact) mass is 418 g/mol. The first kappa shape index (κ1) is 20.2. The number of hydrogen-bond acceptors (Lipinski definition) is 4. The van der Waals surface area contributed by atoms with Crippen LogP contribution < -0.4 is 5.32 Å². The Labute approximate surface area is 183 Å². The van der Waals surface area contributed by atoms with Crippen LogP contribution in [0.15, 0.2) is 42.6 Å². The number of nitrogens with one attached hydrogen (secondary N) is 1. The first-order chi connectivity index (χ1) is 15.0. The highest BCUT2D eigenvalue weighted by molar-refractivity contribution is 5.93. The van der Waals surface area contributed by atoms with Gasteiger partial charge in [0.05, 0.1) is 5.52 Å². The van der Waals surface area contributed by atoms with Gasteiger partial charge in [0.1, 0.15) is 0 Å². The number of para-hydroxylation sites is 1. The molecule has 1 N–H and O–H groups in total. The van der Waals surface area contributed by atoms with Gasteiger partial charge in [0.2, 0.25) is 0 Å². The molecule has 0 aliphatic heterocycles. The van der Waals surface area contributed by atoms with Gasteiger partial charge in [-0.3, -0.25) is 9.78 Å². The lowest BCUT2D eigenvalue weighted by Crippen LogP contribution is -2.56. The van der Waals surface area contributed by atoms with Crippen LogP contribution in [0.2, 0.25) is 0 Å². The third-order valence-electron chi connectivity index (χ3n) is 7.79. The number of rotatable bonds is 6. The molecule has 162 valence electrons. The molecule has 4 aliphatic carbocycles. The minimum absolute atomic E-state index is 0.129. The maximum Gasteiger partial charge on any atom is 0.331 e. The highest BCUT2D eigenvalue weighted by Crippen LogP contribution is 2.61. The molecule has 2 aromatic rings. The number of hydrogen-bond donors (Lipinski definition) is 1. The fourth-order valence-corrected chi connectivity index (χ4v) is 6.75. The first-order valence-electron chi connectivity index (χ1n) is 11.5. The van der Waals surface area contributed by atoms with Gasteiger partial charge < -0.3 is 10.1 Å². The molecule has 31 heavy (non-hydrogen) atoms. The third kappa shape index (κ3) is 4.10. The van der Waals surface area contributed by atoms with Gasteiger partial charge in [-0.15, -0.1) is 0 Å². The van der Waals surface area contributed by atoms with Gasteiger partial charge in [0.25, 0.3) is 5.91 Å². The van der Waals surface area contributed by atoms with Crippen LogP contribution in [0, 0.1) is 23.2 Å². The lowest BCUT2D eigenvalue weighted by atomic mass is 9.48. The predicted octanol–water partition coefficient (Wildman–Crippen LogP) is 4.51. The van der Waals surface area contributed by atoms with E-state index in [4.69, 9.17) is 4.74 Å². The summed E-state index contributed by atoms with van der Waals surface area (Å²) in [6.45, 7) is 1.90. The summed E-state index contributed by atoms with van der Waals surface area (Å²) in [6, 6.07) is 9.80. The van der Waals surface area contributed by atoms with Gasteiger partial charge >= 0.3 is 5.97 Å². The molecule has 1 aromatic carbocycles. The number of carbonyl (C=O) groups excluding carboxylic acids is 2. The van der Waals surface area contributed by atoms with Crippen molar-refractivity contribution in [3.63, 3.8) is 0 Å². The van der Waals surface area contributed by atoms with Gasteiger partial charge in [-0.05, 0) is 80.8 Å². The molecule has 1 heterocycles. The maximum absolute atomic E-state index is 12.5. The van der Waals surface area contributed by atoms with Crippen molar-refractivity contribution in [1.29, 1.82) is 0 Å². The van der Waals surface area contributed by atoms with Gasteiger partial charge in [-0.25, -0.2) is 4.79 Å². The van der Waals surface area contributed by atoms with E-state index >= 15 is 0 Å². The Morgan fingerprint density at radius 1 is 1.13 bits per heavy atom. The van der Waals surface area contributed by atoms with E-state index < -0.39 is 5.97 Å². The standard InChI is InChI=1S/C26H30N2O3/c1-17(26-13-18-10-19(14-26)12-20(11-18)15-26)28-23(29)16-31-24(30)8-7-22-5-2-4-21-6-3-9-27-25(21)22/h2-9,17-20H,10-16H2,1H3,(H,28,29)/b8-7+. The Balaban J connectivity index is 1.14. The van der Waals surface area contributed by atoms with Crippen molar-refractivity contribution >= 4 is 28.9 Å². The van der Waals surface area contributed by atoms with E-state index in [0.29, 0.717) is 0 Å². The average molecular weight is 419 g/mol. The van der Waals surface area contributed by atoms with Gasteiger partial charge in [-0.2, -0.15) is 0 Å². The smallest absolute Gasteiger partial charge is 0.331 e. The summed E-state index contributed by atoms with van der Waals surface area (Å²) in [5, 5.41) is 4.15. The average Bonchev–Trinajstić information content (AvgIpc) is 2.75. The Hall–Kier alpha value is -2.69. The Morgan fingerprint density at radius 3 is 2.52 bits per heavy atom. The number of esters is 1. The molecule has 1 amide bonds. The molecule has 6 rings (SSSR count). The summed E-state index contributed by atoms with van der Waals surface area (Å²) < 4.78 is 5.20. The van der Waals surface area contributed by atoms with E-state index in [-0.39, 0.29) is 24.0 Å². The second kappa shape index (κ2) is 8.10. The molecule has 5 nitrogen and oxygen atoms in total. The lowest BCUT2D eigenvalue weighted by Gasteiger charge is -2.59. The van der Waals surface area contributed by atoms with Crippen molar-refractivity contribution in [2.45, 2.75) is 51.5 Å². The predicted molar refractivity (Wildman–Crippen MR) is 120 cm³/mol. The molecular weight excluding hydrogens is 388 g/mol. The number of aromatic nitrogens is 1. The van der Waals surface area contributed by atoms with Crippen LogP contribution in [-0.4, -0.2) is 29.5 Å². The van der Waals surface area contributed by atoms with Crippen LogP contribution in [0.3, 0.4) is 0 Å². The SMILES string of the molecule is CC(NC(=O)COC(=O)/C=C/c1cccc2cccnc12)C12CC3CC(CC(C3)C1)C2. The van der Waals surface area contributed by atoms with E-state index in [1.165, 1.54) is 44.6 Å². The third-order valence-corrected chi connectivity index (χ3v) is 7.79. The number of fused-ring (bicyclic) bond motifs is 1. The number of carbonyl (C=O) groups is 2. The van der Waals surface area contributed by atoms with E-state index in [0.717, 1.165) is 34.2 Å². The zero-order chi connectivity index (χ0) is 21.4. The number of nitrogens with zero attached hydrogens (tertiary/aromatic N) is 1. The van der Waals surface area contributed by atoms with E-state index in [9.17, 15) is 9.59 Å². The zero-order valence-electron chi connectivity index (χ0n) is 18.0. The van der Waals surface area contributed by atoms with Crippen LogP contribution in [-0.2, 0) is 14.3 Å². The van der Waals surface area contributed by atoms with Crippen LogP contribution in [0.5, 0.6) is 0 Å². The molecule has 0 saturated heterocycles. The normalized spacial score (nSPS) is 29.9. The van der Waals surface area contributed by atoms with Crippen molar-refractivity contribution in [2.24, 2.45) is 23.2 Å². The summed E-state index contributed by atoms with van der Waals surface area (Å²) in [7, 11) is 0. The molecule has 1 aromatic heterocycles. The van der Waals surface area contributed by atoms with E-state index in [2.05, 4.69) is 17.2 Å². The van der Waals surface area contributed by atoms with Crippen molar-refractivity contribution in [2.75, 3.05) is 6.61 Å². The van der Waals surface area contributed by atoms with Crippen LogP contribution in [0.1, 0.15) is 51.0 Å². The zero-order valence-corrected chi connectivity index (χ0v) is 18.0. The Kier molecular flexibility index (Phi) is 5.28. The molecule has 4 saturated carbocycles. The van der Waals surface area contributed by atoms with Crippen molar-refractivity contribution in [1.82, 2.24) is 10.3 Å². The topological polar surface area (TPSA) is 68.3 Å². The second-order valence-electron chi connectivity index (χ2n) is 9.93. The van der Waals surface area contributed by atoms with Crippen molar-refractivity contribution < 1.29 is 14.3 Å². The van der Waals surface area contributed by atoms with Crippen molar-refractivity contribution in [3.05, 3.63) is 48.2 Å². The summed E-state index contributed by atoms with van der Waals surface area (Å²) >= 11 is 0. The van der Waals surface area contributed by atoms with Gasteiger partial charge in [-0.1, -0.05) is 24.3 Å². The van der Waals surface area contributed by atoms with Crippen molar-refractivity contribution in [3.8, 4) is 0 Å². The van der Waals surface area contributed by atoms with Crippen LogP contribution in [0.4, 0.5) is 0 Å². The number of amides is 1. The Morgan fingerprint density at radius 2 is 1.81 bits per heavy atom. The van der Waals surface area contributed by atoms with E-state index in [1.807, 2.05) is 30.3 Å². The highest BCUT2D eigenvalue weighted by atomic mass is 16.5. The fraction of sp³-hybridized carbons (Fsp3) is 0.500. The first-order valence-corrected chi connectivity index (χ1v) is 11.5. The summed E-state index contributed by atoms with van der Waals surface area (Å²) in [5.41, 5.74) is 1.92. The Bertz CT molecular complexity index is 988. The fourth-order valence-electron chi connectivity index (χ4n) is 6.75.